The second-order valence-corrected chi connectivity index (χ2v) is 6.24. The maximum absolute atomic E-state index is 12.4. The number of hydrogen-bond acceptors (Lipinski definition) is 6. The van der Waals surface area contributed by atoms with E-state index in [1.807, 2.05) is 0 Å². The first kappa shape index (κ1) is 15.4. The number of aromatic nitrogens is 3. The Morgan fingerprint density at radius 2 is 2.08 bits per heavy atom. The molecule has 9 heteroatoms. The standard InChI is InChI=1S/C15H14F3N3O3/c16-15(17,18)7-23-11-5-10(19-6-9(11)8-1-2-8)12-20-13(24-21-12)14(22)3-4-14/h5-6,8,22H,1-4,7H2. The van der Waals surface area contributed by atoms with Crippen molar-refractivity contribution in [3.05, 3.63) is 23.7 Å². The lowest BCUT2D eigenvalue weighted by molar-refractivity contribution is -0.153. The zero-order valence-electron chi connectivity index (χ0n) is 12.5. The van der Waals surface area contributed by atoms with Gasteiger partial charge < -0.3 is 14.4 Å². The molecule has 0 spiro atoms. The van der Waals surface area contributed by atoms with E-state index in [1.54, 1.807) is 0 Å². The first-order valence-corrected chi connectivity index (χ1v) is 7.60. The molecule has 2 aliphatic carbocycles. The third-order valence-corrected chi connectivity index (χ3v) is 4.08. The second-order valence-electron chi connectivity index (χ2n) is 6.24. The zero-order chi connectivity index (χ0) is 16.9. The molecule has 0 atom stereocenters. The summed E-state index contributed by atoms with van der Waals surface area (Å²) >= 11 is 0. The first-order chi connectivity index (χ1) is 11.3. The molecule has 6 nitrogen and oxygen atoms in total. The van der Waals surface area contributed by atoms with Crippen LogP contribution < -0.4 is 4.74 Å². The predicted octanol–water partition coefficient (Wildman–Crippen LogP) is 2.93. The molecule has 1 N–H and O–H groups in total. The number of nitrogens with zero attached hydrogens (tertiary/aromatic N) is 3. The van der Waals surface area contributed by atoms with E-state index in [9.17, 15) is 18.3 Å². The van der Waals surface area contributed by atoms with Crippen molar-refractivity contribution in [2.24, 2.45) is 0 Å². The van der Waals surface area contributed by atoms with Crippen molar-refractivity contribution in [1.29, 1.82) is 0 Å². The highest BCUT2D eigenvalue weighted by Gasteiger charge is 2.47. The van der Waals surface area contributed by atoms with E-state index in [-0.39, 0.29) is 29.1 Å². The van der Waals surface area contributed by atoms with Gasteiger partial charge in [-0.2, -0.15) is 18.2 Å². The summed E-state index contributed by atoms with van der Waals surface area (Å²) in [5.41, 5.74) is -0.169. The second kappa shape index (κ2) is 5.17. The van der Waals surface area contributed by atoms with Crippen molar-refractivity contribution >= 4 is 0 Å². The fraction of sp³-hybridized carbons (Fsp3) is 0.533. The molecule has 0 aromatic carbocycles. The van der Waals surface area contributed by atoms with Crippen LogP contribution in [0.3, 0.4) is 0 Å². The first-order valence-electron chi connectivity index (χ1n) is 7.60. The average molecular weight is 341 g/mol. The van der Waals surface area contributed by atoms with Crippen LogP contribution in [0, 0.1) is 0 Å². The van der Waals surface area contributed by atoms with Crippen LogP contribution in [0.5, 0.6) is 5.75 Å². The van der Waals surface area contributed by atoms with Gasteiger partial charge in [0.1, 0.15) is 17.0 Å². The highest BCUT2D eigenvalue weighted by molar-refractivity contribution is 5.54. The molecule has 2 aromatic heterocycles. The van der Waals surface area contributed by atoms with Crippen LogP contribution in [0.15, 0.2) is 16.8 Å². The molecular formula is C15H14F3N3O3. The van der Waals surface area contributed by atoms with Gasteiger partial charge in [-0.3, -0.25) is 4.98 Å². The summed E-state index contributed by atoms with van der Waals surface area (Å²) in [5.74, 6) is 0.534. The minimum atomic E-state index is -4.42. The lowest BCUT2D eigenvalue weighted by Gasteiger charge is -2.13. The Morgan fingerprint density at radius 3 is 2.71 bits per heavy atom. The van der Waals surface area contributed by atoms with E-state index < -0.39 is 18.4 Å². The van der Waals surface area contributed by atoms with E-state index in [4.69, 9.17) is 9.26 Å². The van der Waals surface area contributed by atoms with E-state index in [0.29, 0.717) is 18.4 Å². The predicted molar refractivity (Wildman–Crippen MR) is 74.2 cm³/mol. The highest BCUT2D eigenvalue weighted by Crippen LogP contribution is 2.46. The van der Waals surface area contributed by atoms with Gasteiger partial charge in [0.05, 0.1) is 0 Å². The third-order valence-electron chi connectivity index (χ3n) is 4.08. The Labute approximate surface area is 134 Å². The van der Waals surface area contributed by atoms with Crippen LogP contribution in [0.1, 0.15) is 43.1 Å². The van der Waals surface area contributed by atoms with Crippen LogP contribution in [0.4, 0.5) is 13.2 Å². The lowest BCUT2D eigenvalue weighted by Crippen LogP contribution is -2.19. The molecule has 2 aromatic rings. The molecule has 24 heavy (non-hydrogen) atoms. The summed E-state index contributed by atoms with van der Waals surface area (Å²) in [6.07, 6.45) is -0.0176. The Hall–Kier alpha value is -2.16. The number of halogens is 3. The SMILES string of the molecule is OC1(c2nc(-c3cc(OCC(F)(F)F)c(C4CC4)cn3)no2)CC1. The van der Waals surface area contributed by atoms with Gasteiger partial charge in [-0.25, -0.2) is 0 Å². The summed E-state index contributed by atoms with van der Waals surface area (Å²) in [5, 5.41) is 13.7. The Morgan fingerprint density at radius 1 is 1.33 bits per heavy atom. The van der Waals surface area contributed by atoms with Gasteiger partial charge in [-0.15, -0.1) is 0 Å². The van der Waals surface area contributed by atoms with Crippen molar-refractivity contribution in [1.82, 2.24) is 15.1 Å². The molecule has 0 saturated heterocycles. The number of hydrogen-bond donors (Lipinski definition) is 1. The van der Waals surface area contributed by atoms with Crippen molar-refractivity contribution in [3.8, 4) is 17.3 Å². The monoisotopic (exact) mass is 341 g/mol. The van der Waals surface area contributed by atoms with Crippen molar-refractivity contribution in [3.63, 3.8) is 0 Å². The van der Waals surface area contributed by atoms with Crippen molar-refractivity contribution in [2.45, 2.75) is 43.4 Å². The molecule has 0 bridgehead atoms. The molecule has 0 radical (unpaired) electrons. The molecule has 2 fully saturated rings. The Bertz CT molecular complexity index is 767. The van der Waals surface area contributed by atoms with E-state index in [1.165, 1.54) is 12.3 Å². The van der Waals surface area contributed by atoms with Gasteiger partial charge in [-0.05, 0) is 31.6 Å². The van der Waals surface area contributed by atoms with Crippen molar-refractivity contribution < 1.29 is 27.5 Å². The summed E-state index contributed by atoms with van der Waals surface area (Å²) in [6.45, 7) is -1.37. The Kier molecular flexibility index (Phi) is 3.31. The minimum Gasteiger partial charge on any atom is -0.484 e. The van der Waals surface area contributed by atoms with E-state index in [2.05, 4.69) is 15.1 Å². The van der Waals surface area contributed by atoms with Gasteiger partial charge in [-0.1, -0.05) is 5.16 Å². The average Bonchev–Trinajstić information content (AvgIpc) is 3.45. The number of pyridine rings is 1. The normalized spacial score (nSPS) is 19.3. The molecule has 0 aliphatic heterocycles. The summed E-state index contributed by atoms with van der Waals surface area (Å²) in [7, 11) is 0. The largest absolute Gasteiger partial charge is 0.484 e. The van der Waals surface area contributed by atoms with Crippen LogP contribution in [-0.4, -0.2) is 33.0 Å². The summed E-state index contributed by atoms with van der Waals surface area (Å²) < 4.78 is 47.3. The van der Waals surface area contributed by atoms with Gasteiger partial charge >= 0.3 is 6.18 Å². The van der Waals surface area contributed by atoms with E-state index >= 15 is 0 Å². The maximum Gasteiger partial charge on any atom is 0.422 e. The van der Waals surface area contributed by atoms with E-state index in [0.717, 1.165) is 12.8 Å². The number of alkyl halides is 3. The molecule has 4 rings (SSSR count). The molecular weight excluding hydrogens is 327 g/mol. The number of aliphatic hydroxyl groups is 1. The van der Waals surface area contributed by atoms with Crippen LogP contribution in [0.25, 0.3) is 11.5 Å². The molecule has 0 amide bonds. The fourth-order valence-corrected chi connectivity index (χ4v) is 2.40. The number of ether oxygens (including phenoxy) is 1. The third kappa shape index (κ3) is 3.08. The van der Waals surface area contributed by atoms with Gasteiger partial charge in [0.25, 0.3) is 5.89 Å². The summed E-state index contributed by atoms with van der Waals surface area (Å²) in [4.78, 5) is 8.29. The molecule has 0 unspecified atom stereocenters. The Balaban J connectivity index is 1.62. The molecule has 2 heterocycles. The lowest BCUT2D eigenvalue weighted by atomic mass is 10.1. The fourth-order valence-electron chi connectivity index (χ4n) is 2.40. The highest BCUT2D eigenvalue weighted by atomic mass is 19.4. The summed E-state index contributed by atoms with van der Waals surface area (Å²) in [6, 6.07) is 1.39. The molecule has 2 saturated carbocycles. The quantitative estimate of drug-likeness (QED) is 0.900. The maximum atomic E-state index is 12.4. The smallest absolute Gasteiger partial charge is 0.422 e. The topological polar surface area (TPSA) is 81.3 Å². The van der Waals surface area contributed by atoms with Gasteiger partial charge in [0.15, 0.2) is 6.61 Å². The van der Waals surface area contributed by atoms with Gasteiger partial charge in [0, 0.05) is 17.8 Å². The van der Waals surface area contributed by atoms with Crippen LogP contribution >= 0.6 is 0 Å². The van der Waals surface area contributed by atoms with Crippen LogP contribution in [-0.2, 0) is 5.60 Å². The number of rotatable bonds is 5. The molecule has 2 aliphatic rings. The van der Waals surface area contributed by atoms with Gasteiger partial charge in [0.2, 0.25) is 5.82 Å². The van der Waals surface area contributed by atoms with Crippen LogP contribution in [0.2, 0.25) is 0 Å². The minimum absolute atomic E-state index is 0.100. The zero-order valence-corrected chi connectivity index (χ0v) is 12.5. The molecule has 128 valence electrons. The van der Waals surface area contributed by atoms with Crippen molar-refractivity contribution in [2.75, 3.05) is 6.61 Å².